The van der Waals surface area contributed by atoms with Crippen molar-refractivity contribution in [2.45, 2.75) is 25.7 Å². The monoisotopic (exact) mass is 211 g/mol. The molecule has 0 N–H and O–H groups in total. The van der Waals surface area contributed by atoms with E-state index in [1.807, 2.05) is 6.20 Å². The summed E-state index contributed by atoms with van der Waals surface area (Å²) < 4.78 is 5.30. The molecule has 0 amide bonds. The molecule has 1 aliphatic heterocycles. The minimum Gasteiger partial charge on any atom is -0.381 e. The zero-order valence-corrected chi connectivity index (χ0v) is 8.97. The lowest BCUT2D eigenvalue weighted by Gasteiger charge is -2.00. The molecule has 1 unspecified atom stereocenters. The van der Waals surface area contributed by atoms with Gasteiger partial charge in [-0.15, -0.1) is 11.3 Å². The zero-order chi connectivity index (χ0) is 9.97. The molecule has 76 valence electrons. The van der Waals surface area contributed by atoms with Crippen LogP contribution in [0.1, 0.15) is 29.1 Å². The summed E-state index contributed by atoms with van der Waals surface area (Å²) in [5, 5.41) is 1.12. The third-order valence-corrected chi connectivity index (χ3v) is 3.43. The third kappa shape index (κ3) is 2.19. The van der Waals surface area contributed by atoms with Gasteiger partial charge in [0.05, 0.1) is 11.6 Å². The normalized spacial score (nSPS) is 21.4. The summed E-state index contributed by atoms with van der Waals surface area (Å²) >= 11 is 1.65. The number of carbonyl (C=O) groups excluding carboxylic acids is 1. The van der Waals surface area contributed by atoms with Crippen LogP contribution >= 0.6 is 11.3 Å². The summed E-state index contributed by atoms with van der Waals surface area (Å²) in [5.41, 5.74) is 0. The molecule has 0 saturated carbocycles. The summed E-state index contributed by atoms with van der Waals surface area (Å²) in [4.78, 5) is 16.3. The summed E-state index contributed by atoms with van der Waals surface area (Å²) in [7, 11) is 0. The molecule has 1 atom stereocenters. The van der Waals surface area contributed by atoms with Crippen LogP contribution in [-0.2, 0) is 16.0 Å². The smallest absolute Gasteiger partial charge is 0.135 e. The van der Waals surface area contributed by atoms with E-state index in [2.05, 4.69) is 4.98 Å². The molecule has 1 aromatic heterocycles. The topological polar surface area (TPSA) is 39.2 Å². The van der Waals surface area contributed by atoms with E-state index in [-0.39, 0.29) is 5.78 Å². The van der Waals surface area contributed by atoms with E-state index in [4.69, 9.17) is 4.74 Å². The van der Waals surface area contributed by atoms with Gasteiger partial charge in [-0.25, -0.2) is 4.98 Å². The summed E-state index contributed by atoms with van der Waals surface area (Å²) in [6.45, 7) is 3.23. The van der Waals surface area contributed by atoms with Crippen molar-refractivity contribution in [3.05, 3.63) is 16.1 Å². The van der Waals surface area contributed by atoms with Gasteiger partial charge >= 0.3 is 0 Å². The Labute approximate surface area is 87.1 Å². The van der Waals surface area contributed by atoms with Crippen LogP contribution in [0.2, 0.25) is 0 Å². The molecule has 0 radical (unpaired) electrons. The number of hydrogen-bond acceptors (Lipinski definition) is 4. The molecule has 2 heterocycles. The van der Waals surface area contributed by atoms with E-state index in [9.17, 15) is 4.79 Å². The second-order valence-electron chi connectivity index (χ2n) is 3.60. The molecule has 1 saturated heterocycles. The van der Waals surface area contributed by atoms with Gasteiger partial charge in [-0.3, -0.25) is 4.79 Å². The summed E-state index contributed by atoms with van der Waals surface area (Å²) in [6.07, 6.45) is 3.40. The number of nitrogens with zero attached hydrogens (tertiary/aromatic N) is 1. The molecule has 3 nitrogen and oxygen atoms in total. The van der Waals surface area contributed by atoms with E-state index in [1.54, 1.807) is 18.3 Å². The lowest BCUT2D eigenvalue weighted by atomic mass is 10.1. The highest BCUT2D eigenvalue weighted by atomic mass is 32.1. The number of Topliss-reactive ketones (excluding diaryl/α,β-unsaturated/α-hetero) is 1. The van der Waals surface area contributed by atoms with Crippen LogP contribution in [0, 0.1) is 0 Å². The van der Waals surface area contributed by atoms with Crippen molar-refractivity contribution in [2.75, 3.05) is 13.2 Å². The molecular weight excluding hydrogens is 198 g/mol. The summed E-state index contributed by atoms with van der Waals surface area (Å²) in [6, 6.07) is 0. The maximum Gasteiger partial charge on any atom is 0.135 e. The Morgan fingerprint density at radius 1 is 1.79 bits per heavy atom. The third-order valence-electron chi connectivity index (χ3n) is 2.27. The van der Waals surface area contributed by atoms with Gasteiger partial charge in [0.25, 0.3) is 0 Å². The number of rotatable bonds is 3. The zero-order valence-electron chi connectivity index (χ0n) is 8.16. The van der Waals surface area contributed by atoms with Crippen molar-refractivity contribution in [2.24, 2.45) is 0 Å². The molecule has 1 fully saturated rings. The van der Waals surface area contributed by atoms with E-state index >= 15 is 0 Å². The van der Waals surface area contributed by atoms with Crippen molar-refractivity contribution in [1.29, 1.82) is 0 Å². The highest BCUT2D eigenvalue weighted by molar-refractivity contribution is 7.11. The van der Waals surface area contributed by atoms with Gasteiger partial charge < -0.3 is 4.74 Å². The van der Waals surface area contributed by atoms with Crippen molar-refractivity contribution < 1.29 is 9.53 Å². The first kappa shape index (κ1) is 9.80. The van der Waals surface area contributed by atoms with E-state index < -0.39 is 0 Å². The number of ketones is 1. The van der Waals surface area contributed by atoms with E-state index in [1.165, 1.54) is 0 Å². The number of thiazole rings is 1. The SMILES string of the molecule is CC(=O)Cc1cnc(C2CCOC2)s1. The predicted octanol–water partition coefficient (Wildman–Crippen LogP) is 1.78. The Balaban J connectivity index is 2.05. The molecule has 0 aromatic carbocycles. The van der Waals surface area contributed by atoms with Crippen LogP contribution in [0.5, 0.6) is 0 Å². The molecule has 14 heavy (non-hydrogen) atoms. The quantitative estimate of drug-likeness (QED) is 0.765. The fraction of sp³-hybridized carbons (Fsp3) is 0.600. The maximum atomic E-state index is 10.9. The lowest BCUT2D eigenvalue weighted by Crippen LogP contribution is -1.95. The molecule has 1 aromatic rings. The van der Waals surface area contributed by atoms with Crippen molar-refractivity contribution in [1.82, 2.24) is 4.98 Å². The van der Waals surface area contributed by atoms with Crippen molar-refractivity contribution in [3.8, 4) is 0 Å². The Hall–Kier alpha value is -0.740. The van der Waals surface area contributed by atoms with Crippen molar-refractivity contribution >= 4 is 17.1 Å². The minimum atomic E-state index is 0.197. The average molecular weight is 211 g/mol. The van der Waals surface area contributed by atoms with Crippen LogP contribution in [-0.4, -0.2) is 24.0 Å². The van der Waals surface area contributed by atoms with Gasteiger partial charge in [-0.2, -0.15) is 0 Å². The minimum absolute atomic E-state index is 0.197. The molecule has 0 bridgehead atoms. The average Bonchev–Trinajstić information content (AvgIpc) is 2.69. The summed E-state index contributed by atoms with van der Waals surface area (Å²) in [5.74, 6) is 0.656. The Morgan fingerprint density at radius 2 is 2.64 bits per heavy atom. The second kappa shape index (κ2) is 4.19. The van der Waals surface area contributed by atoms with E-state index in [0.717, 1.165) is 29.5 Å². The predicted molar refractivity (Wildman–Crippen MR) is 54.7 cm³/mol. The number of aromatic nitrogens is 1. The van der Waals surface area contributed by atoms with Crippen molar-refractivity contribution in [3.63, 3.8) is 0 Å². The number of carbonyl (C=O) groups is 1. The van der Waals surface area contributed by atoms with Crippen LogP contribution in [0.25, 0.3) is 0 Å². The van der Waals surface area contributed by atoms with Crippen LogP contribution < -0.4 is 0 Å². The Morgan fingerprint density at radius 3 is 3.29 bits per heavy atom. The number of ether oxygens (including phenoxy) is 1. The fourth-order valence-electron chi connectivity index (χ4n) is 1.57. The first-order valence-corrected chi connectivity index (χ1v) is 5.59. The Bertz CT molecular complexity index is 329. The molecule has 1 aliphatic rings. The lowest BCUT2D eigenvalue weighted by molar-refractivity contribution is -0.116. The van der Waals surface area contributed by atoms with Crippen LogP contribution in [0.3, 0.4) is 0 Å². The Kier molecular flexibility index (Phi) is 2.93. The maximum absolute atomic E-state index is 10.9. The van der Waals surface area contributed by atoms with Gasteiger partial charge in [0.2, 0.25) is 0 Å². The molecule has 0 spiro atoms. The van der Waals surface area contributed by atoms with E-state index in [0.29, 0.717) is 12.3 Å². The second-order valence-corrected chi connectivity index (χ2v) is 4.75. The van der Waals surface area contributed by atoms with Gasteiger partial charge in [0.15, 0.2) is 0 Å². The van der Waals surface area contributed by atoms with Gasteiger partial charge in [0, 0.05) is 30.0 Å². The standard InChI is InChI=1S/C10H13NO2S/c1-7(12)4-9-5-11-10(14-9)8-2-3-13-6-8/h5,8H,2-4,6H2,1H3. The van der Waals surface area contributed by atoms with Crippen LogP contribution in [0.4, 0.5) is 0 Å². The molecule has 0 aliphatic carbocycles. The molecular formula is C10H13NO2S. The number of hydrogen-bond donors (Lipinski definition) is 0. The van der Waals surface area contributed by atoms with Gasteiger partial charge in [-0.05, 0) is 13.3 Å². The fourth-order valence-corrected chi connectivity index (χ4v) is 2.68. The highest BCUT2D eigenvalue weighted by Crippen LogP contribution is 2.28. The highest BCUT2D eigenvalue weighted by Gasteiger charge is 2.20. The van der Waals surface area contributed by atoms with Gasteiger partial charge in [0.1, 0.15) is 5.78 Å². The first-order valence-electron chi connectivity index (χ1n) is 4.77. The largest absolute Gasteiger partial charge is 0.381 e. The van der Waals surface area contributed by atoms with Gasteiger partial charge in [-0.1, -0.05) is 0 Å². The first-order chi connectivity index (χ1) is 6.75. The molecule has 2 rings (SSSR count). The van der Waals surface area contributed by atoms with Crippen LogP contribution in [0.15, 0.2) is 6.20 Å². The molecule has 4 heteroatoms.